The van der Waals surface area contributed by atoms with Gasteiger partial charge < -0.3 is 14.9 Å². The molecule has 1 saturated heterocycles. The van der Waals surface area contributed by atoms with Gasteiger partial charge in [-0.1, -0.05) is 6.92 Å². The third kappa shape index (κ3) is 3.10. The first kappa shape index (κ1) is 19.2. The molecule has 9 heteroatoms. The van der Waals surface area contributed by atoms with Crippen molar-refractivity contribution in [3.8, 4) is 17.3 Å². The molecule has 150 valence electrons. The van der Waals surface area contributed by atoms with E-state index in [4.69, 9.17) is 0 Å². The van der Waals surface area contributed by atoms with Crippen molar-refractivity contribution in [1.29, 1.82) is 5.26 Å². The normalized spacial score (nSPS) is 19.2. The number of fused-ring (bicyclic) bond motifs is 1. The van der Waals surface area contributed by atoms with E-state index in [2.05, 4.69) is 26.1 Å². The highest BCUT2D eigenvalue weighted by atomic mass is 16.3. The van der Waals surface area contributed by atoms with Crippen molar-refractivity contribution in [3.05, 3.63) is 31.0 Å². The number of nitrogens with one attached hydrogen (secondary N) is 1. The smallest absolute Gasteiger partial charge is 0.152 e. The number of aldehydes is 1. The maximum absolute atomic E-state index is 11.2. The van der Waals surface area contributed by atoms with Crippen LogP contribution in [0.1, 0.15) is 20.3 Å². The van der Waals surface area contributed by atoms with Crippen LogP contribution < -0.4 is 0 Å². The topological polar surface area (TPSA) is 124 Å². The number of aromatic amines is 1. The van der Waals surface area contributed by atoms with Crippen molar-refractivity contribution in [2.24, 2.45) is 5.92 Å². The molecule has 3 aromatic rings. The Labute approximate surface area is 168 Å². The summed E-state index contributed by atoms with van der Waals surface area (Å²) in [6.07, 6.45) is 7.93. The van der Waals surface area contributed by atoms with Crippen molar-refractivity contribution >= 4 is 17.3 Å². The number of nitrogens with zero attached hydrogens (tertiary/aromatic N) is 6. The molecule has 4 heterocycles. The van der Waals surface area contributed by atoms with E-state index in [1.165, 1.54) is 6.33 Å². The van der Waals surface area contributed by atoms with Crippen LogP contribution in [-0.2, 0) is 10.3 Å². The van der Waals surface area contributed by atoms with Gasteiger partial charge in [0.25, 0.3) is 0 Å². The SMILES string of the molecule is CCC(O)(C=O)CN1CC(C(C)C#N)(n2cc(-c3ncnc4[nH]ccc34)cn2)C1. The summed E-state index contributed by atoms with van der Waals surface area (Å²) in [4.78, 5) is 24.9. The Bertz CT molecular complexity index is 1080. The molecule has 0 spiro atoms. The zero-order chi connectivity index (χ0) is 20.6. The van der Waals surface area contributed by atoms with Gasteiger partial charge in [0.05, 0.1) is 23.9 Å². The minimum absolute atomic E-state index is 0.247. The maximum atomic E-state index is 11.2. The molecule has 0 bridgehead atoms. The fourth-order valence-corrected chi connectivity index (χ4v) is 3.99. The zero-order valence-electron chi connectivity index (χ0n) is 16.4. The van der Waals surface area contributed by atoms with Crippen LogP contribution in [0.25, 0.3) is 22.3 Å². The second-order valence-electron chi connectivity index (χ2n) is 7.81. The van der Waals surface area contributed by atoms with Crippen LogP contribution in [-0.4, -0.2) is 66.3 Å². The minimum atomic E-state index is -1.36. The van der Waals surface area contributed by atoms with Gasteiger partial charge in [-0.05, 0) is 19.4 Å². The first-order valence-electron chi connectivity index (χ1n) is 9.59. The number of β-amino-alcohol motifs (C(OH)–C–C–N with tert-alkyl or cyclic N) is 1. The maximum Gasteiger partial charge on any atom is 0.152 e. The van der Waals surface area contributed by atoms with E-state index in [0.717, 1.165) is 22.3 Å². The molecule has 1 fully saturated rings. The number of hydrogen-bond donors (Lipinski definition) is 2. The molecule has 1 aliphatic heterocycles. The Kier molecular flexibility index (Phi) is 4.68. The van der Waals surface area contributed by atoms with Gasteiger partial charge in [-0.25, -0.2) is 9.97 Å². The summed E-state index contributed by atoms with van der Waals surface area (Å²) in [5.41, 5.74) is 0.496. The van der Waals surface area contributed by atoms with E-state index in [-0.39, 0.29) is 12.5 Å². The van der Waals surface area contributed by atoms with Crippen LogP contribution in [0.5, 0.6) is 0 Å². The molecule has 3 aromatic heterocycles. The van der Waals surface area contributed by atoms with E-state index in [0.29, 0.717) is 25.8 Å². The van der Waals surface area contributed by atoms with E-state index in [9.17, 15) is 15.2 Å². The Morgan fingerprint density at radius 1 is 1.48 bits per heavy atom. The Balaban J connectivity index is 1.63. The molecule has 0 aliphatic carbocycles. The summed E-state index contributed by atoms with van der Waals surface area (Å²) in [7, 11) is 0. The third-order valence-corrected chi connectivity index (χ3v) is 5.99. The van der Waals surface area contributed by atoms with Crippen LogP contribution in [0, 0.1) is 17.2 Å². The number of carbonyl (C=O) groups excluding carboxylic acids is 1. The summed E-state index contributed by atoms with van der Waals surface area (Å²) >= 11 is 0. The summed E-state index contributed by atoms with van der Waals surface area (Å²) < 4.78 is 1.83. The van der Waals surface area contributed by atoms with Gasteiger partial charge in [-0.2, -0.15) is 10.4 Å². The number of nitriles is 1. The number of aromatic nitrogens is 5. The van der Waals surface area contributed by atoms with Gasteiger partial charge in [-0.3, -0.25) is 9.58 Å². The highest BCUT2D eigenvalue weighted by Gasteiger charge is 2.51. The highest BCUT2D eigenvalue weighted by molar-refractivity contribution is 5.90. The molecule has 2 atom stereocenters. The molecule has 0 saturated carbocycles. The van der Waals surface area contributed by atoms with E-state index < -0.39 is 11.1 Å². The summed E-state index contributed by atoms with van der Waals surface area (Å²) in [6, 6.07) is 4.26. The predicted octanol–water partition coefficient (Wildman–Crippen LogP) is 1.33. The first-order valence-corrected chi connectivity index (χ1v) is 9.59. The molecule has 0 radical (unpaired) electrons. The number of likely N-dealkylation sites (tertiary alicyclic amines) is 1. The van der Waals surface area contributed by atoms with E-state index in [1.54, 1.807) is 13.1 Å². The standard InChI is InChI=1S/C20H23N7O2/c1-3-19(29,12-28)9-26-10-20(11-26,14(2)6-21)27-8-15(7-25-27)17-16-4-5-22-18(16)24-13-23-17/h4-5,7-8,12-14,29H,3,9-11H2,1-2H3,(H,22,23,24). The lowest BCUT2D eigenvalue weighted by Crippen LogP contribution is -2.68. The minimum Gasteiger partial charge on any atom is -0.381 e. The van der Waals surface area contributed by atoms with Gasteiger partial charge in [0, 0.05) is 43.0 Å². The molecule has 1 aliphatic rings. The number of H-pyrrole nitrogens is 1. The number of rotatable bonds is 7. The molecule has 9 nitrogen and oxygen atoms in total. The fraction of sp³-hybridized carbons (Fsp3) is 0.450. The molecule has 0 aromatic carbocycles. The van der Waals surface area contributed by atoms with Crippen LogP contribution in [0.15, 0.2) is 31.0 Å². The van der Waals surface area contributed by atoms with E-state index in [1.807, 2.05) is 35.0 Å². The van der Waals surface area contributed by atoms with Gasteiger partial charge >= 0.3 is 0 Å². The fourth-order valence-electron chi connectivity index (χ4n) is 3.99. The summed E-state index contributed by atoms with van der Waals surface area (Å²) in [5.74, 6) is -0.296. The van der Waals surface area contributed by atoms with Crippen molar-refractivity contribution < 1.29 is 9.90 Å². The van der Waals surface area contributed by atoms with Crippen LogP contribution in [0.2, 0.25) is 0 Å². The van der Waals surface area contributed by atoms with Crippen LogP contribution >= 0.6 is 0 Å². The quantitative estimate of drug-likeness (QED) is 0.580. The average Bonchev–Trinajstić information content (AvgIpc) is 3.39. The Morgan fingerprint density at radius 2 is 2.28 bits per heavy atom. The van der Waals surface area contributed by atoms with E-state index >= 15 is 0 Å². The molecular weight excluding hydrogens is 370 g/mol. The lowest BCUT2D eigenvalue weighted by molar-refractivity contribution is -0.132. The van der Waals surface area contributed by atoms with Crippen molar-refractivity contribution in [2.45, 2.75) is 31.4 Å². The molecule has 0 amide bonds. The zero-order valence-corrected chi connectivity index (χ0v) is 16.4. The Morgan fingerprint density at radius 3 is 2.97 bits per heavy atom. The van der Waals surface area contributed by atoms with Crippen molar-refractivity contribution in [2.75, 3.05) is 19.6 Å². The molecular formula is C20H23N7O2. The summed E-state index contributed by atoms with van der Waals surface area (Å²) in [6.45, 7) is 4.96. The molecule has 29 heavy (non-hydrogen) atoms. The summed E-state index contributed by atoms with van der Waals surface area (Å²) in [5, 5.41) is 25.4. The predicted molar refractivity (Wildman–Crippen MR) is 106 cm³/mol. The highest BCUT2D eigenvalue weighted by Crippen LogP contribution is 2.38. The first-order chi connectivity index (χ1) is 13.9. The largest absolute Gasteiger partial charge is 0.381 e. The van der Waals surface area contributed by atoms with Crippen LogP contribution in [0.4, 0.5) is 0 Å². The van der Waals surface area contributed by atoms with Gasteiger partial charge in [-0.15, -0.1) is 0 Å². The van der Waals surface area contributed by atoms with Gasteiger partial charge in [0.2, 0.25) is 0 Å². The van der Waals surface area contributed by atoms with Gasteiger partial charge in [0.1, 0.15) is 23.1 Å². The Hall–Kier alpha value is -3.09. The van der Waals surface area contributed by atoms with Crippen molar-refractivity contribution in [3.63, 3.8) is 0 Å². The lowest BCUT2D eigenvalue weighted by atomic mass is 9.78. The van der Waals surface area contributed by atoms with Crippen LogP contribution in [0.3, 0.4) is 0 Å². The molecule has 2 unspecified atom stereocenters. The average molecular weight is 393 g/mol. The second kappa shape index (κ2) is 7.06. The lowest BCUT2D eigenvalue weighted by Gasteiger charge is -2.53. The number of hydrogen-bond acceptors (Lipinski definition) is 7. The third-order valence-electron chi connectivity index (χ3n) is 5.99. The molecule has 4 rings (SSSR count). The number of carbonyl (C=O) groups is 1. The molecule has 2 N–H and O–H groups in total. The van der Waals surface area contributed by atoms with Gasteiger partial charge in [0.15, 0.2) is 6.29 Å². The monoisotopic (exact) mass is 393 g/mol. The van der Waals surface area contributed by atoms with Crippen molar-refractivity contribution in [1.82, 2.24) is 29.6 Å². The number of aliphatic hydroxyl groups is 1. The second-order valence-corrected chi connectivity index (χ2v) is 7.81.